The van der Waals surface area contributed by atoms with E-state index in [1.165, 1.54) is 4.90 Å². The summed E-state index contributed by atoms with van der Waals surface area (Å²) in [7, 11) is 0. The molecule has 1 aliphatic rings. The van der Waals surface area contributed by atoms with E-state index in [0.717, 1.165) is 40.8 Å². The summed E-state index contributed by atoms with van der Waals surface area (Å²) in [6.07, 6.45) is 3.61. The van der Waals surface area contributed by atoms with Crippen molar-refractivity contribution in [3.8, 4) is 11.1 Å². The lowest BCUT2D eigenvalue weighted by atomic mass is 9.82. The van der Waals surface area contributed by atoms with E-state index in [1.807, 2.05) is 55.7 Å². The van der Waals surface area contributed by atoms with Gasteiger partial charge in [0.25, 0.3) is 11.8 Å². The van der Waals surface area contributed by atoms with Crippen molar-refractivity contribution in [1.82, 2.24) is 25.0 Å². The normalized spacial score (nSPS) is 14.1. The molecule has 2 atom stereocenters. The summed E-state index contributed by atoms with van der Waals surface area (Å²) in [6.45, 7) is 5.03. The van der Waals surface area contributed by atoms with E-state index in [9.17, 15) is 33.5 Å². The number of imide groups is 1. The molecule has 3 aromatic rings. The van der Waals surface area contributed by atoms with Gasteiger partial charge in [-0.25, -0.2) is 8.78 Å². The number of carbonyl (C=O) groups excluding carboxylic acids is 5. The van der Waals surface area contributed by atoms with Crippen LogP contribution in [0.4, 0.5) is 8.78 Å². The molecule has 14 heteroatoms. The third kappa shape index (κ3) is 10.2. The van der Waals surface area contributed by atoms with E-state index in [-0.39, 0.29) is 44.6 Å². The highest BCUT2D eigenvalue weighted by molar-refractivity contribution is 6.12. The fraction of sp³-hybridized carbons (Fsp3) is 0.378. The van der Waals surface area contributed by atoms with Gasteiger partial charge in [0.05, 0.1) is 12.1 Å². The summed E-state index contributed by atoms with van der Waals surface area (Å²) in [5.41, 5.74) is 7.31. The second-order valence-corrected chi connectivity index (χ2v) is 13.4. The van der Waals surface area contributed by atoms with Gasteiger partial charge in [0, 0.05) is 80.7 Å². The molecule has 5 N–H and O–H groups in total. The second kappa shape index (κ2) is 17.1. The van der Waals surface area contributed by atoms with Crippen molar-refractivity contribution in [2.45, 2.75) is 52.2 Å². The first kappa shape index (κ1) is 38.6. The highest BCUT2D eigenvalue weighted by Gasteiger charge is 2.38. The smallest absolute Gasteiger partial charge is 0.253 e. The number of carbonyl (C=O) groups is 5. The molecule has 1 unspecified atom stereocenters. The molecule has 1 aromatic heterocycles. The molecule has 272 valence electrons. The quantitative estimate of drug-likeness (QED) is 0.166. The van der Waals surface area contributed by atoms with Gasteiger partial charge in [0.1, 0.15) is 18.2 Å². The fourth-order valence-electron chi connectivity index (χ4n) is 6.04. The van der Waals surface area contributed by atoms with Gasteiger partial charge in [-0.15, -0.1) is 0 Å². The van der Waals surface area contributed by atoms with Gasteiger partial charge >= 0.3 is 0 Å². The third-order valence-electron chi connectivity index (χ3n) is 8.44. The Balaban J connectivity index is 1.55. The molecule has 12 nitrogen and oxygen atoms in total. The van der Waals surface area contributed by atoms with E-state index in [1.54, 1.807) is 12.3 Å². The van der Waals surface area contributed by atoms with Crippen molar-refractivity contribution in [2.75, 3.05) is 32.8 Å². The highest BCUT2D eigenvalue weighted by Crippen LogP contribution is 2.41. The molecular formula is C37H44F2N6O6. The summed E-state index contributed by atoms with van der Waals surface area (Å²) in [6, 6.07) is 12.8. The number of nitrogens with zero attached hydrogens (tertiary/aromatic N) is 3. The van der Waals surface area contributed by atoms with Gasteiger partial charge < -0.3 is 30.9 Å². The molecule has 0 saturated heterocycles. The third-order valence-corrected chi connectivity index (χ3v) is 8.44. The SMILES string of the molecule is CC(C)(C)[C@H](c1cc(-c2cc(F)ccc2F)cn1Cc1ccccc1)N(CC(CN)NC(=O)CCC(=O)NCCN1C(=O)C=CC1=O)C(=O)CO. The monoisotopic (exact) mass is 706 g/mol. The van der Waals surface area contributed by atoms with E-state index in [0.29, 0.717) is 17.8 Å². The number of benzene rings is 2. The molecule has 0 fully saturated rings. The average molecular weight is 707 g/mol. The number of hydrogen-bond acceptors (Lipinski definition) is 7. The topological polar surface area (TPSA) is 167 Å². The predicted molar refractivity (Wildman–Crippen MR) is 185 cm³/mol. The maximum absolute atomic E-state index is 15.0. The Morgan fingerprint density at radius 1 is 0.961 bits per heavy atom. The van der Waals surface area contributed by atoms with Crippen molar-refractivity contribution < 1.29 is 37.9 Å². The first-order valence-electron chi connectivity index (χ1n) is 16.6. The van der Waals surface area contributed by atoms with Crippen LogP contribution in [0.5, 0.6) is 0 Å². The van der Waals surface area contributed by atoms with Gasteiger partial charge in [-0.2, -0.15) is 0 Å². The van der Waals surface area contributed by atoms with Crippen LogP contribution >= 0.6 is 0 Å². The standard InChI is InChI=1S/C37H44F2N6O6/c1-37(2,3)36(30-17-25(28-18-26(38)9-10-29(28)39)21-43(30)20-24-7-5-4-6-8-24)45(35(51)23-46)22-27(19-40)42-32(48)12-11-31(47)41-15-16-44-33(49)13-14-34(44)50/h4-10,13-14,17-18,21,27,36,46H,11-12,15-16,19-20,22-23,40H2,1-3H3,(H,41,47)(H,42,48)/t27?,36-/m0/s1. The summed E-state index contributed by atoms with van der Waals surface area (Å²) in [4.78, 5) is 64.6. The Morgan fingerprint density at radius 3 is 2.25 bits per heavy atom. The Kier molecular flexibility index (Phi) is 13.0. The number of rotatable bonds is 16. The maximum Gasteiger partial charge on any atom is 0.253 e. The minimum Gasteiger partial charge on any atom is -0.387 e. The molecule has 0 spiro atoms. The van der Waals surface area contributed by atoms with Crippen molar-refractivity contribution in [1.29, 1.82) is 0 Å². The van der Waals surface area contributed by atoms with Crippen molar-refractivity contribution in [3.05, 3.63) is 95.8 Å². The van der Waals surface area contributed by atoms with Gasteiger partial charge in [0.2, 0.25) is 17.7 Å². The Morgan fingerprint density at radius 2 is 1.63 bits per heavy atom. The summed E-state index contributed by atoms with van der Waals surface area (Å²) in [5, 5.41) is 15.5. The Labute approximate surface area is 295 Å². The maximum atomic E-state index is 15.0. The number of aliphatic hydroxyl groups is 1. The van der Waals surface area contributed by atoms with Crippen molar-refractivity contribution in [3.63, 3.8) is 0 Å². The number of amides is 5. The summed E-state index contributed by atoms with van der Waals surface area (Å²) < 4.78 is 31.2. The minimum absolute atomic E-state index is 0.00504. The molecule has 0 bridgehead atoms. The molecule has 0 radical (unpaired) electrons. The zero-order chi connectivity index (χ0) is 37.3. The lowest BCUT2D eigenvalue weighted by Gasteiger charge is -2.42. The van der Waals surface area contributed by atoms with Gasteiger partial charge in [-0.1, -0.05) is 51.1 Å². The fourth-order valence-corrected chi connectivity index (χ4v) is 6.04. The van der Waals surface area contributed by atoms with Gasteiger partial charge in [-0.05, 0) is 35.2 Å². The number of aromatic nitrogens is 1. The molecular weight excluding hydrogens is 662 g/mol. The molecule has 1 aliphatic heterocycles. The van der Waals surface area contributed by atoms with Crippen molar-refractivity contribution >= 4 is 29.5 Å². The lowest BCUT2D eigenvalue weighted by molar-refractivity contribution is -0.140. The van der Waals surface area contributed by atoms with Crippen LogP contribution in [0.15, 0.2) is 72.9 Å². The predicted octanol–water partition coefficient (Wildman–Crippen LogP) is 2.65. The van der Waals surface area contributed by atoms with E-state index >= 15 is 4.39 Å². The zero-order valence-corrected chi connectivity index (χ0v) is 28.9. The van der Waals surface area contributed by atoms with Crippen LogP contribution in [-0.2, 0) is 30.5 Å². The Hall–Kier alpha value is -5.21. The Bertz CT molecular complexity index is 1750. The van der Waals surface area contributed by atoms with Crippen LogP contribution in [0.1, 0.15) is 50.9 Å². The summed E-state index contributed by atoms with van der Waals surface area (Å²) in [5.74, 6) is -3.77. The first-order chi connectivity index (χ1) is 24.2. The van der Waals surface area contributed by atoms with Crippen LogP contribution in [-0.4, -0.2) is 87.8 Å². The number of aliphatic hydroxyl groups excluding tert-OH is 1. The van der Waals surface area contributed by atoms with Crippen LogP contribution in [0.2, 0.25) is 0 Å². The molecule has 0 aliphatic carbocycles. The molecule has 0 saturated carbocycles. The lowest BCUT2D eigenvalue weighted by Crippen LogP contribution is -2.53. The van der Waals surface area contributed by atoms with Gasteiger partial charge in [-0.3, -0.25) is 28.9 Å². The second-order valence-electron chi connectivity index (χ2n) is 13.4. The van der Waals surface area contributed by atoms with E-state index in [2.05, 4.69) is 10.6 Å². The van der Waals surface area contributed by atoms with Crippen LogP contribution in [0.25, 0.3) is 11.1 Å². The molecule has 2 heterocycles. The minimum atomic E-state index is -0.840. The zero-order valence-electron chi connectivity index (χ0n) is 28.9. The van der Waals surface area contributed by atoms with Crippen LogP contribution < -0.4 is 16.4 Å². The van der Waals surface area contributed by atoms with E-state index < -0.39 is 65.3 Å². The van der Waals surface area contributed by atoms with Crippen molar-refractivity contribution in [2.24, 2.45) is 11.1 Å². The largest absolute Gasteiger partial charge is 0.387 e. The average Bonchev–Trinajstić information content (AvgIpc) is 3.64. The molecule has 5 amide bonds. The highest BCUT2D eigenvalue weighted by atomic mass is 19.1. The van der Waals surface area contributed by atoms with Crippen LogP contribution in [0.3, 0.4) is 0 Å². The molecule has 51 heavy (non-hydrogen) atoms. The number of nitrogens with one attached hydrogen (secondary N) is 2. The summed E-state index contributed by atoms with van der Waals surface area (Å²) >= 11 is 0. The number of nitrogens with two attached hydrogens (primary N) is 1. The molecule has 2 aromatic carbocycles. The number of hydrogen-bond donors (Lipinski definition) is 4. The van der Waals surface area contributed by atoms with E-state index in [4.69, 9.17) is 5.73 Å². The van der Waals surface area contributed by atoms with Gasteiger partial charge in [0.15, 0.2) is 0 Å². The molecule has 4 rings (SSSR count). The number of halogens is 2. The van der Waals surface area contributed by atoms with Crippen LogP contribution in [0, 0.1) is 17.0 Å². The first-order valence-corrected chi connectivity index (χ1v) is 16.6.